The second-order valence-corrected chi connectivity index (χ2v) is 6.56. The molecule has 110 valence electrons. The van der Waals surface area contributed by atoms with Crippen molar-refractivity contribution in [2.75, 3.05) is 5.32 Å². The number of nitrogens with one attached hydrogen (secondary N) is 1. The number of aromatic nitrogens is 3. The van der Waals surface area contributed by atoms with Crippen LogP contribution in [0.5, 0.6) is 0 Å². The molecule has 1 fully saturated rings. The first-order chi connectivity index (χ1) is 10.2. The molecule has 0 bridgehead atoms. The number of hydrogen-bond acceptors (Lipinski definition) is 4. The lowest BCUT2D eigenvalue weighted by molar-refractivity contribution is -0.117. The number of hydrogen-bond donors (Lipinski definition) is 1. The zero-order valence-corrected chi connectivity index (χ0v) is 13.9. The largest absolute Gasteiger partial charge is 0.325 e. The minimum atomic E-state index is 0.112. The van der Waals surface area contributed by atoms with Gasteiger partial charge in [0.2, 0.25) is 10.6 Å². The Kier molecular flexibility index (Phi) is 4.30. The van der Waals surface area contributed by atoms with Gasteiger partial charge in [-0.2, -0.15) is 4.98 Å². The number of halogens is 1. The number of carbonyl (C=O) groups excluding carboxylic acids is 1. The van der Waals surface area contributed by atoms with Crippen LogP contribution in [0.15, 0.2) is 39.1 Å². The molecule has 21 heavy (non-hydrogen) atoms. The van der Waals surface area contributed by atoms with E-state index in [4.69, 9.17) is 0 Å². The number of carbonyl (C=O) groups is 1. The summed E-state index contributed by atoms with van der Waals surface area (Å²) in [6, 6.07) is 7.78. The fraction of sp³-hybridized carbons (Fsp3) is 0.357. The van der Waals surface area contributed by atoms with E-state index in [1.54, 1.807) is 0 Å². The van der Waals surface area contributed by atoms with E-state index in [9.17, 15) is 4.79 Å². The van der Waals surface area contributed by atoms with E-state index in [0.29, 0.717) is 4.73 Å². The molecule has 1 aliphatic carbocycles. The molecule has 1 aromatic heterocycles. The molecule has 1 aliphatic rings. The van der Waals surface area contributed by atoms with Crippen molar-refractivity contribution in [3.63, 3.8) is 0 Å². The van der Waals surface area contributed by atoms with E-state index in [1.807, 2.05) is 35.9 Å². The highest BCUT2D eigenvalue weighted by molar-refractivity contribution is 9.10. The summed E-state index contributed by atoms with van der Waals surface area (Å²) in [5.41, 5.74) is 0.834. The lowest BCUT2D eigenvalue weighted by atomic mass is 10.3. The van der Waals surface area contributed by atoms with Crippen molar-refractivity contribution in [1.82, 2.24) is 14.8 Å². The number of aryl methyl sites for hydroxylation is 1. The maximum atomic E-state index is 11.9. The van der Waals surface area contributed by atoms with E-state index < -0.39 is 0 Å². The molecule has 1 amide bonds. The normalized spacial score (nSPS) is 14.2. The molecule has 0 radical (unpaired) electrons. The summed E-state index contributed by atoms with van der Waals surface area (Å²) in [6.07, 6.45) is 2.00. The van der Waals surface area contributed by atoms with E-state index >= 15 is 0 Å². The Labute approximate surface area is 135 Å². The quantitative estimate of drug-likeness (QED) is 0.878. The molecule has 0 aliphatic heterocycles. The maximum absolute atomic E-state index is 11.9. The number of amides is 1. The van der Waals surface area contributed by atoms with Crippen LogP contribution in [0, 0.1) is 5.92 Å². The minimum Gasteiger partial charge on any atom is -0.325 e. The van der Waals surface area contributed by atoms with Gasteiger partial charge in [-0.1, -0.05) is 12.1 Å². The fourth-order valence-electron chi connectivity index (χ4n) is 1.92. The SMILES string of the molecule is CCn1nc(Br)nc1Sc1ccccc1NC(=O)C1CC1. The van der Waals surface area contributed by atoms with Gasteiger partial charge in [0.05, 0.1) is 5.69 Å². The van der Waals surface area contributed by atoms with Crippen LogP contribution in [0.3, 0.4) is 0 Å². The van der Waals surface area contributed by atoms with Crippen molar-refractivity contribution in [2.45, 2.75) is 36.4 Å². The predicted octanol–water partition coefficient (Wildman–Crippen LogP) is 3.56. The number of para-hydroxylation sites is 1. The third-order valence-electron chi connectivity index (χ3n) is 3.21. The predicted molar refractivity (Wildman–Crippen MR) is 85.3 cm³/mol. The monoisotopic (exact) mass is 366 g/mol. The van der Waals surface area contributed by atoms with Gasteiger partial charge in [-0.15, -0.1) is 5.10 Å². The summed E-state index contributed by atoms with van der Waals surface area (Å²) < 4.78 is 2.40. The molecule has 0 spiro atoms. The topological polar surface area (TPSA) is 59.8 Å². The van der Waals surface area contributed by atoms with Gasteiger partial charge in [0.15, 0.2) is 5.16 Å². The van der Waals surface area contributed by atoms with Crippen LogP contribution in [-0.4, -0.2) is 20.7 Å². The molecular formula is C14H15BrN4OS. The van der Waals surface area contributed by atoms with Crippen molar-refractivity contribution < 1.29 is 4.79 Å². The molecule has 1 N–H and O–H groups in total. The average Bonchev–Trinajstić information content (AvgIpc) is 3.26. The zero-order valence-electron chi connectivity index (χ0n) is 11.5. The van der Waals surface area contributed by atoms with Gasteiger partial charge < -0.3 is 5.32 Å². The molecule has 7 heteroatoms. The van der Waals surface area contributed by atoms with Crippen molar-refractivity contribution >= 4 is 39.3 Å². The highest BCUT2D eigenvalue weighted by atomic mass is 79.9. The molecule has 0 saturated heterocycles. The fourth-order valence-corrected chi connectivity index (χ4v) is 3.38. The summed E-state index contributed by atoms with van der Waals surface area (Å²) in [6.45, 7) is 2.77. The van der Waals surface area contributed by atoms with Crippen LogP contribution in [-0.2, 0) is 11.3 Å². The molecule has 0 atom stereocenters. The molecule has 3 rings (SSSR count). The Morgan fingerprint density at radius 2 is 2.24 bits per heavy atom. The highest BCUT2D eigenvalue weighted by Crippen LogP contribution is 2.35. The Morgan fingerprint density at radius 1 is 1.48 bits per heavy atom. The maximum Gasteiger partial charge on any atom is 0.227 e. The summed E-state index contributed by atoms with van der Waals surface area (Å²) in [5, 5.41) is 8.08. The van der Waals surface area contributed by atoms with Crippen LogP contribution >= 0.6 is 27.7 Å². The summed E-state index contributed by atoms with van der Waals surface area (Å²) in [5.74, 6) is 0.303. The Morgan fingerprint density at radius 3 is 2.95 bits per heavy atom. The van der Waals surface area contributed by atoms with E-state index in [2.05, 4.69) is 31.3 Å². The van der Waals surface area contributed by atoms with Gasteiger partial charge in [-0.3, -0.25) is 4.79 Å². The van der Waals surface area contributed by atoms with Crippen molar-refractivity contribution in [3.05, 3.63) is 29.0 Å². The van der Waals surface area contributed by atoms with Crippen LogP contribution < -0.4 is 5.32 Å². The Hall–Kier alpha value is -1.34. The standard InChI is InChI=1S/C14H15BrN4OS/c1-2-19-14(17-13(15)18-19)21-11-6-4-3-5-10(11)16-12(20)9-7-8-9/h3-6,9H,2,7-8H2,1H3,(H,16,20). The Balaban J connectivity index is 1.82. The van der Waals surface area contributed by atoms with Crippen molar-refractivity contribution in [2.24, 2.45) is 5.92 Å². The van der Waals surface area contributed by atoms with E-state index in [1.165, 1.54) is 11.8 Å². The summed E-state index contributed by atoms with van der Waals surface area (Å²) >= 11 is 4.80. The lowest BCUT2D eigenvalue weighted by Crippen LogP contribution is -2.13. The first-order valence-electron chi connectivity index (χ1n) is 6.85. The van der Waals surface area contributed by atoms with Crippen LogP contribution in [0.2, 0.25) is 0 Å². The first kappa shape index (κ1) is 14.6. The highest BCUT2D eigenvalue weighted by Gasteiger charge is 2.30. The second-order valence-electron chi connectivity index (χ2n) is 4.84. The smallest absolute Gasteiger partial charge is 0.227 e. The molecule has 1 saturated carbocycles. The molecule has 1 heterocycles. The van der Waals surface area contributed by atoms with Gasteiger partial charge >= 0.3 is 0 Å². The summed E-state index contributed by atoms with van der Waals surface area (Å²) in [7, 11) is 0. The van der Waals surface area contributed by atoms with Crippen molar-refractivity contribution in [3.8, 4) is 0 Å². The third-order valence-corrected chi connectivity index (χ3v) is 4.60. The van der Waals surface area contributed by atoms with Crippen molar-refractivity contribution in [1.29, 1.82) is 0 Å². The third kappa shape index (κ3) is 3.47. The van der Waals surface area contributed by atoms with E-state index in [-0.39, 0.29) is 11.8 Å². The zero-order chi connectivity index (χ0) is 14.8. The first-order valence-corrected chi connectivity index (χ1v) is 8.46. The minimum absolute atomic E-state index is 0.112. The number of rotatable bonds is 5. The molecule has 5 nitrogen and oxygen atoms in total. The molecular weight excluding hydrogens is 352 g/mol. The van der Waals surface area contributed by atoms with Crippen LogP contribution in [0.25, 0.3) is 0 Å². The molecule has 1 aromatic carbocycles. The number of benzene rings is 1. The molecule has 0 unspecified atom stereocenters. The van der Waals surface area contributed by atoms with Gasteiger partial charge in [-0.05, 0) is 59.6 Å². The van der Waals surface area contributed by atoms with Gasteiger partial charge in [0.25, 0.3) is 0 Å². The average molecular weight is 367 g/mol. The summed E-state index contributed by atoms with van der Waals surface area (Å²) in [4.78, 5) is 17.3. The Bertz CT molecular complexity index is 669. The van der Waals surface area contributed by atoms with Gasteiger partial charge in [0, 0.05) is 17.4 Å². The molecule has 2 aromatic rings. The lowest BCUT2D eigenvalue weighted by Gasteiger charge is -2.10. The number of anilines is 1. The van der Waals surface area contributed by atoms with E-state index in [0.717, 1.165) is 35.1 Å². The second kappa shape index (κ2) is 6.19. The van der Waals surface area contributed by atoms with Gasteiger partial charge in [-0.25, -0.2) is 4.68 Å². The van der Waals surface area contributed by atoms with Crippen LogP contribution in [0.4, 0.5) is 5.69 Å². The van der Waals surface area contributed by atoms with Gasteiger partial charge in [0.1, 0.15) is 0 Å². The van der Waals surface area contributed by atoms with Crippen LogP contribution in [0.1, 0.15) is 19.8 Å². The number of nitrogens with zero attached hydrogens (tertiary/aromatic N) is 3.